The van der Waals surface area contributed by atoms with Crippen LogP contribution in [-0.4, -0.2) is 14.8 Å². The molecule has 7 heteroatoms. The molecule has 0 aromatic heterocycles. The molecule has 0 bridgehead atoms. The van der Waals surface area contributed by atoms with E-state index in [2.05, 4.69) is 4.74 Å². The average molecular weight is 246 g/mol. The fourth-order valence-corrected chi connectivity index (χ4v) is 0.497. The molecule has 0 heterocycles. The van der Waals surface area contributed by atoms with Crippen molar-refractivity contribution in [1.82, 2.24) is 0 Å². The van der Waals surface area contributed by atoms with Crippen LogP contribution in [-0.2, 0) is 4.74 Å². The lowest BCUT2D eigenvalue weighted by Gasteiger charge is -2.15. The van der Waals surface area contributed by atoms with Crippen LogP contribution in [0.15, 0.2) is 0 Å². The van der Waals surface area contributed by atoms with Crippen molar-refractivity contribution >= 4 is 63.4 Å². The van der Waals surface area contributed by atoms with E-state index in [9.17, 15) is 4.79 Å². The summed E-state index contributed by atoms with van der Waals surface area (Å²) in [6, 6.07) is 0. The second-order valence-corrected chi connectivity index (χ2v) is 4.29. The maximum Gasteiger partial charge on any atom is 0.405 e. The third kappa shape index (κ3) is 4.69. The number of ether oxygens (including phenoxy) is 1. The first kappa shape index (κ1) is 10.9. The van der Waals surface area contributed by atoms with E-state index in [0.29, 0.717) is 0 Å². The van der Waals surface area contributed by atoms with Gasteiger partial charge in [-0.15, -0.1) is 0 Å². The smallest absolute Gasteiger partial charge is 0.405 e. The standard InChI is InChI=1S/C3HCl5O2/c4-1(3(6,7)8)10-2(5)9/h1H/t1-/m0/s1. The molecule has 0 aliphatic heterocycles. The van der Waals surface area contributed by atoms with Gasteiger partial charge in [-0.3, -0.25) is 0 Å². The minimum Gasteiger partial charge on any atom is -0.429 e. The van der Waals surface area contributed by atoms with Gasteiger partial charge in [-0.2, -0.15) is 0 Å². The Labute approximate surface area is 82.3 Å². The summed E-state index contributed by atoms with van der Waals surface area (Å²) in [6.45, 7) is 0. The van der Waals surface area contributed by atoms with E-state index in [1.807, 2.05) is 0 Å². The van der Waals surface area contributed by atoms with E-state index in [0.717, 1.165) is 0 Å². The average Bonchev–Trinajstić information content (AvgIpc) is 1.60. The van der Waals surface area contributed by atoms with Gasteiger partial charge in [0.25, 0.3) is 0 Å². The van der Waals surface area contributed by atoms with Crippen LogP contribution in [0.4, 0.5) is 4.79 Å². The van der Waals surface area contributed by atoms with E-state index in [-0.39, 0.29) is 0 Å². The highest BCUT2D eigenvalue weighted by molar-refractivity contribution is 6.70. The van der Waals surface area contributed by atoms with E-state index >= 15 is 0 Å². The Morgan fingerprint density at radius 1 is 1.40 bits per heavy atom. The number of carbonyl (C=O) groups is 1. The number of hydrogen-bond donors (Lipinski definition) is 0. The SMILES string of the molecule is O=C(Cl)O[C@H](Cl)C(Cl)(Cl)Cl. The molecule has 0 amide bonds. The molecule has 0 aliphatic rings. The van der Waals surface area contributed by atoms with Crippen LogP contribution < -0.4 is 0 Å². The van der Waals surface area contributed by atoms with Gasteiger partial charge in [-0.25, -0.2) is 4.79 Å². The molecule has 0 N–H and O–H groups in total. The van der Waals surface area contributed by atoms with Crippen molar-refractivity contribution in [1.29, 1.82) is 0 Å². The summed E-state index contributed by atoms with van der Waals surface area (Å²) in [5.41, 5.74) is -2.49. The van der Waals surface area contributed by atoms with Crippen LogP contribution in [0, 0.1) is 0 Å². The Morgan fingerprint density at radius 2 is 1.80 bits per heavy atom. The van der Waals surface area contributed by atoms with Crippen LogP contribution in [0.3, 0.4) is 0 Å². The van der Waals surface area contributed by atoms with Gasteiger partial charge in [0.2, 0.25) is 9.36 Å². The fraction of sp³-hybridized carbons (Fsp3) is 0.667. The predicted octanol–water partition coefficient (Wildman–Crippen LogP) is 3.30. The number of hydrogen-bond acceptors (Lipinski definition) is 2. The zero-order valence-electron chi connectivity index (χ0n) is 4.28. The molecule has 0 rings (SSSR count). The highest BCUT2D eigenvalue weighted by Crippen LogP contribution is 2.34. The molecule has 0 saturated carbocycles. The topological polar surface area (TPSA) is 26.3 Å². The molecule has 0 saturated heterocycles. The summed E-state index contributed by atoms with van der Waals surface area (Å²) in [7, 11) is 0. The summed E-state index contributed by atoms with van der Waals surface area (Å²) >= 11 is 25.6. The molecule has 0 aromatic rings. The van der Waals surface area contributed by atoms with Crippen molar-refractivity contribution in [3.63, 3.8) is 0 Å². The lowest BCUT2D eigenvalue weighted by atomic mass is 10.8. The van der Waals surface area contributed by atoms with E-state index in [1.165, 1.54) is 0 Å². The lowest BCUT2D eigenvalue weighted by molar-refractivity contribution is 0.160. The summed E-state index contributed by atoms with van der Waals surface area (Å²) in [5, 5.41) is 0. The van der Waals surface area contributed by atoms with Gasteiger partial charge in [0.1, 0.15) is 0 Å². The zero-order valence-corrected chi connectivity index (χ0v) is 8.06. The van der Waals surface area contributed by atoms with Crippen molar-refractivity contribution in [2.75, 3.05) is 0 Å². The van der Waals surface area contributed by atoms with Crippen LogP contribution in [0.25, 0.3) is 0 Å². The first-order chi connectivity index (χ1) is 4.34. The Morgan fingerprint density at radius 3 is 1.90 bits per heavy atom. The molecule has 10 heavy (non-hydrogen) atoms. The first-order valence-corrected chi connectivity index (χ1v) is 3.86. The van der Waals surface area contributed by atoms with Gasteiger partial charge in [-0.1, -0.05) is 46.4 Å². The second kappa shape index (κ2) is 4.07. The van der Waals surface area contributed by atoms with Gasteiger partial charge in [0.05, 0.1) is 0 Å². The van der Waals surface area contributed by atoms with Crippen molar-refractivity contribution in [2.45, 2.75) is 9.36 Å². The predicted molar refractivity (Wildman–Crippen MR) is 42.3 cm³/mol. The Bertz CT molecular complexity index is 129. The minimum absolute atomic E-state index is 1.12. The summed E-state index contributed by atoms with van der Waals surface area (Å²) < 4.78 is 2.26. The maximum absolute atomic E-state index is 9.98. The van der Waals surface area contributed by atoms with E-state index in [1.54, 1.807) is 0 Å². The van der Waals surface area contributed by atoms with Crippen LogP contribution in [0.1, 0.15) is 0 Å². The molecule has 2 nitrogen and oxygen atoms in total. The molecule has 60 valence electrons. The van der Waals surface area contributed by atoms with E-state index < -0.39 is 14.8 Å². The van der Waals surface area contributed by atoms with Crippen molar-refractivity contribution in [2.24, 2.45) is 0 Å². The van der Waals surface area contributed by atoms with E-state index in [4.69, 9.17) is 58.0 Å². The molecule has 0 aromatic carbocycles. The molecule has 0 spiro atoms. The first-order valence-electron chi connectivity index (χ1n) is 1.91. The third-order valence-corrected chi connectivity index (χ3v) is 1.89. The number of rotatable bonds is 1. The monoisotopic (exact) mass is 244 g/mol. The van der Waals surface area contributed by atoms with Crippen LogP contribution in [0.5, 0.6) is 0 Å². The highest BCUT2D eigenvalue weighted by atomic mass is 35.6. The normalized spacial score (nSPS) is 14.5. The quantitative estimate of drug-likeness (QED) is 0.524. The van der Waals surface area contributed by atoms with Gasteiger partial charge >= 0.3 is 5.43 Å². The molecular weight excluding hydrogens is 245 g/mol. The van der Waals surface area contributed by atoms with Crippen molar-refractivity contribution in [3.05, 3.63) is 0 Å². The van der Waals surface area contributed by atoms with Crippen molar-refractivity contribution < 1.29 is 9.53 Å². The number of alkyl halides is 4. The second-order valence-electron chi connectivity index (χ2n) is 1.21. The van der Waals surface area contributed by atoms with Gasteiger partial charge < -0.3 is 4.74 Å². The third-order valence-electron chi connectivity index (χ3n) is 0.453. The molecule has 0 aliphatic carbocycles. The Kier molecular flexibility index (Phi) is 4.45. The molecule has 0 unspecified atom stereocenters. The Hall–Kier alpha value is 0.920. The molecule has 0 fully saturated rings. The lowest BCUT2D eigenvalue weighted by Crippen LogP contribution is -2.23. The van der Waals surface area contributed by atoms with Crippen molar-refractivity contribution in [3.8, 4) is 0 Å². The maximum atomic E-state index is 9.98. The van der Waals surface area contributed by atoms with Gasteiger partial charge in [0.15, 0.2) is 0 Å². The zero-order chi connectivity index (χ0) is 8.36. The fourth-order valence-electron chi connectivity index (χ4n) is 0.148. The minimum atomic E-state index is -1.86. The van der Waals surface area contributed by atoms with Gasteiger partial charge in [0, 0.05) is 11.6 Å². The highest BCUT2D eigenvalue weighted by Gasteiger charge is 2.33. The largest absolute Gasteiger partial charge is 0.429 e. The number of carbonyl (C=O) groups excluding carboxylic acids is 1. The number of halogens is 5. The molecule has 1 atom stereocenters. The Balaban J connectivity index is 3.85. The molecule has 0 radical (unpaired) electrons. The summed E-state index contributed by atoms with van der Waals surface area (Å²) in [4.78, 5) is 9.98. The van der Waals surface area contributed by atoms with Gasteiger partial charge in [-0.05, 0) is 0 Å². The summed E-state index contributed by atoms with van der Waals surface area (Å²) in [6.07, 6.45) is 0. The van der Waals surface area contributed by atoms with Crippen LogP contribution >= 0.6 is 58.0 Å². The van der Waals surface area contributed by atoms with Crippen LogP contribution in [0.2, 0.25) is 0 Å². The molecular formula is C3HCl5O2. The summed E-state index contributed by atoms with van der Waals surface area (Å²) in [5.74, 6) is 0.